The average molecular weight is 412 g/mol. The summed E-state index contributed by atoms with van der Waals surface area (Å²) in [6.07, 6.45) is 5.63. The van der Waals surface area contributed by atoms with Crippen LogP contribution in [0.3, 0.4) is 0 Å². The number of carbonyl (C=O) groups excluding carboxylic acids is 1. The van der Waals surface area contributed by atoms with Gasteiger partial charge in [-0.3, -0.25) is 9.69 Å². The molecule has 31 heavy (non-hydrogen) atoms. The zero-order valence-electron chi connectivity index (χ0n) is 17.3. The molecule has 0 spiro atoms. The van der Waals surface area contributed by atoms with Crippen molar-refractivity contribution < 1.29 is 4.79 Å². The third kappa shape index (κ3) is 4.07. The van der Waals surface area contributed by atoms with Gasteiger partial charge in [-0.25, -0.2) is 14.5 Å². The van der Waals surface area contributed by atoms with Crippen molar-refractivity contribution in [1.29, 1.82) is 0 Å². The standard InChI is InChI=1S/C24H24N6O/c1-25-21-5-4-19-14-23(15-20(19)13-21)28-8-10-29(11-9-28)24(31)12-18-2-6-22(7-3-18)30-17-26-16-27-30/h2-7,13,16-17,23H,8-12,14-15H2. The van der Waals surface area contributed by atoms with Gasteiger partial charge in [0, 0.05) is 32.2 Å². The second-order valence-electron chi connectivity index (χ2n) is 8.23. The van der Waals surface area contributed by atoms with Crippen molar-refractivity contribution in [2.75, 3.05) is 26.2 Å². The quantitative estimate of drug-likeness (QED) is 0.619. The molecule has 5 rings (SSSR count). The Bertz CT molecular complexity index is 1110. The number of hydrogen-bond acceptors (Lipinski definition) is 4. The first-order chi connectivity index (χ1) is 15.2. The molecule has 3 aromatic rings. The van der Waals surface area contributed by atoms with E-state index in [0.717, 1.165) is 56.0 Å². The van der Waals surface area contributed by atoms with Gasteiger partial charge in [0.2, 0.25) is 5.91 Å². The Hall–Kier alpha value is -3.50. The predicted octanol–water partition coefficient (Wildman–Crippen LogP) is 2.67. The smallest absolute Gasteiger partial charge is 0.227 e. The van der Waals surface area contributed by atoms with Gasteiger partial charge in [-0.1, -0.05) is 35.9 Å². The number of fused-ring (bicyclic) bond motifs is 1. The molecule has 1 aliphatic heterocycles. The van der Waals surface area contributed by atoms with Crippen molar-refractivity contribution in [3.05, 3.63) is 83.2 Å². The molecule has 0 bridgehead atoms. The molecule has 156 valence electrons. The van der Waals surface area contributed by atoms with E-state index in [1.54, 1.807) is 11.0 Å². The zero-order chi connectivity index (χ0) is 21.2. The van der Waals surface area contributed by atoms with E-state index >= 15 is 0 Å². The van der Waals surface area contributed by atoms with Crippen LogP contribution >= 0.6 is 0 Å². The van der Waals surface area contributed by atoms with Gasteiger partial charge in [0.15, 0.2) is 5.69 Å². The summed E-state index contributed by atoms with van der Waals surface area (Å²) in [5.74, 6) is 0.185. The molecule has 2 aliphatic rings. The maximum atomic E-state index is 12.8. The molecule has 1 unspecified atom stereocenters. The lowest BCUT2D eigenvalue weighted by atomic mass is 10.1. The number of aromatic nitrogens is 3. The Morgan fingerprint density at radius 3 is 2.52 bits per heavy atom. The number of amides is 1. The van der Waals surface area contributed by atoms with Gasteiger partial charge in [0.25, 0.3) is 0 Å². The Balaban J connectivity index is 1.14. The van der Waals surface area contributed by atoms with Gasteiger partial charge in [-0.05, 0) is 36.1 Å². The first-order valence-corrected chi connectivity index (χ1v) is 10.6. The van der Waals surface area contributed by atoms with Crippen molar-refractivity contribution in [3.63, 3.8) is 0 Å². The lowest BCUT2D eigenvalue weighted by Gasteiger charge is -2.38. The third-order valence-corrected chi connectivity index (χ3v) is 6.39. The van der Waals surface area contributed by atoms with Gasteiger partial charge in [0.1, 0.15) is 12.7 Å². The minimum Gasteiger partial charge on any atom is -0.340 e. The molecule has 1 amide bonds. The molecular weight excluding hydrogens is 388 g/mol. The number of rotatable bonds is 4. The molecule has 2 heterocycles. The van der Waals surface area contributed by atoms with Gasteiger partial charge in [0.05, 0.1) is 18.7 Å². The Morgan fingerprint density at radius 2 is 1.81 bits per heavy atom. The lowest BCUT2D eigenvalue weighted by Crippen LogP contribution is -2.52. The average Bonchev–Trinajstić information content (AvgIpc) is 3.49. The highest BCUT2D eigenvalue weighted by Gasteiger charge is 2.30. The summed E-state index contributed by atoms with van der Waals surface area (Å²) in [6, 6.07) is 14.4. The zero-order valence-corrected chi connectivity index (χ0v) is 17.3. The maximum absolute atomic E-state index is 12.8. The molecule has 7 nitrogen and oxygen atoms in total. The molecule has 7 heteroatoms. The second kappa shape index (κ2) is 8.32. The number of carbonyl (C=O) groups is 1. The number of benzene rings is 2. The van der Waals surface area contributed by atoms with Crippen molar-refractivity contribution in [3.8, 4) is 5.69 Å². The van der Waals surface area contributed by atoms with Crippen LogP contribution in [-0.4, -0.2) is 62.7 Å². The van der Waals surface area contributed by atoms with E-state index in [1.165, 1.54) is 17.5 Å². The SMILES string of the molecule is [C-]#[N+]c1ccc2c(c1)CC(N1CCN(C(=O)Cc3ccc(-n4cncn4)cc3)CC1)C2. The Morgan fingerprint density at radius 1 is 1.03 bits per heavy atom. The maximum Gasteiger partial charge on any atom is 0.227 e. The van der Waals surface area contributed by atoms with Gasteiger partial charge in [-0.15, -0.1) is 0 Å². The van der Waals surface area contributed by atoms with E-state index in [-0.39, 0.29) is 5.91 Å². The van der Waals surface area contributed by atoms with Crippen LogP contribution in [0.4, 0.5) is 5.69 Å². The normalized spacial score (nSPS) is 18.5. The molecule has 1 atom stereocenters. The van der Waals surface area contributed by atoms with E-state index in [4.69, 9.17) is 6.57 Å². The molecule has 0 saturated carbocycles. The highest BCUT2D eigenvalue weighted by Crippen LogP contribution is 2.29. The lowest BCUT2D eigenvalue weighted by molar-refractivity contribution is -0.132. The minimum atomic E-state index is 0.185. The first kappa shape index (κ1) is 19.5. The molecular formula is C24H24N6O. The van der Waals surface area contributed by atoms with Crippen LogP contribution in [0.1, 0.15) is 16.7 Å². The van der Waals surface area contributed by atoms with Crippen LogP contribution in [0.5, 0.6) is 0 Å². The topological polar surface area (TPSA) is 58.6 Å². The largest absolute Gasteiger partial charge is 0.340 e. The van der Waals surface area contributed by atoms with E-state index in [1.807, 2.05) is 41.3 Å². The predicted molar refractivity (Wildman–Crippen MR) is 117 cm³/mol. The van der Waals surface area contributed by atoms with Gasteiger partial charge >= 0.3 is 0 Å². The van der Waals surface area contributed by atoms with Crippen molar-refractivity contribution >= 4 is 11.6 Å². The third-order valence-electron chi connectivity index (χ3n) is 6.39. The van der Waals surface area contributed by atoms with Gasteiger partial charge in [-0.2, -0.15) is 5.10 Å². The monoisotopic (exact) mass is 412 g/mol. The number of piperazine rings is 1. The molecule has 2 aromatic carbocycles. The first-order valence-electron chi connectivity index (χ1n) is 10.6. The minimum absolute atomic E-state index is 0.185. The van der Waals surface area contributed by atoms with Crippen LogP contribution < -0.4 is 0 Å². The number of nitrogens with zero attached hydrogens (tertiary/aromatic N) is 6. The van der Waals surface area contributed by atoms with Crippen LogP contribution in [0.15, 0.2) is 55.1 Å². The van der Waals surface area contributed by atoms with Crippen molar-refractivity contribution in [2.24, 2.45) is 0 Å². The van der Waals surface area contributed by atoms with Crippen LogP contribution in [0.25, 0.3) is 10.5 Å². The molecule has 1 saturated heterocycles. The highest BCUT2D eigenvalue weighted by atomic mass is 16.2. The Kier molecular flexibility index (Phi) is 5.23. The van der Waals surface area contributed by atoms with Crippen LogP contribution in [0, 0.1) is 6.57 Å². The molecule has 1 fully saturated rings. The summed E-state index contributed by atoms with van der Waals surface area (Å²) < 4.78 is 1.70. The molecule has 0 N–H and O–H groups in total. The summed E-state index contributed by atoms with van der Waals surface area (Å²) in [7, 11) is 0. The number of hydrogen-bond donors (Lipinski definition) is 0. The summed E-state index contributed by atoms with van der Waals surface area (Å²) in [4.78, 5) is 24.8. The summed E-state index contributed by atoms with van der Waals surface area (Å²) in [6.45, 7) is 10.6. The van der Waals surface area contributed by atoms with E-state index in [2.05, 4.69) is 25.9 Å². The van der Waals surface area contributed by atoms with E-state index in [0.29, 0.717) is 12.5 Å². The van der Waals surface area contributed by atoms with Crippen molar-refractivity contribution in [1.82, 2.24) is 24.6 Å². The second-order valence-corrected chi connectivity index (χ2v) is 8.23. The molecule has 0 radical (unpaired) electrons. The molecule has 1 aliphatic carbocycles. The summed E-state index contributed by atoms with van der Waals surface area (Å²) >= 11 is 0. The fourth-order valence-corrected chi connectivity index (χ4v) is 4.64. The van der Waals surface area contributed by atoms with E-state index < -0.39 is 0 Å². The Labute approximate surface area is 181 Å². The van der Waals surface area contributed by atoms with Crippen LogP contribution in [-0.2, 0) is 24.1 Å². The van der Waals surface area contributed by atoms with E-state index in [9.17, 15) is 4.79 Å². The van der Waals surface area contributed by atoms with Crippen molar-refractivity contribution in [2.45, 2.75) is 25.3 Å². The summed E-state index contributed by atoms with van der Waals surface area (Å²) in [5, 5.41) is 4.12. The fraction of sp³-hybridized carbons (Fsp3) is 0.333. The van der Waals surface area contributed by atoms with Gasteiger partial charge < -0.3 is 4.90 Å². The summed E-state index contributed by atoms with van der Waals surface area (Å²) in [5.41, 5.74) is 5.35. The highest BCUT2D eigenvalue weighted by molar-refractivity contribution is 5.79. The van der Waals surface area contributed by atoms with Crippen LogP contribution in [0.2, 0.25) is 0 Å². The molecule has 1 aromatic heterocycles. The fourth-order valence-electron chi connectivity index (χ4n) is 4.64.